The first kappa shape index (κ1) is 17.2. The molecule has 0 aromatic heterocycles. The molecule has 1 spiro atoms. The van der Waals surface area contributed by atoms with Gasteiger partial charge in [0.15, 0.2) is 0 Å². The molecule has 1 aliphatic carbocycles. The molecule has 1 amide bonds. The number of morpholine rings is 1. The fourth-order valence-corrected chi connectivity index (χ4v) is 4.37. The number of likely N-dealkylation sites (tertiary alicyclic amines) is 1. The van der Waals surface area contributed by atoms with Crippen molar-refractivity contribution in [2.24, 2.45) is 5.92 Å². The van der Waals surface area contributed by atoms with Gasteiger partial charge in [-0.3, -0.25) is 9.69 Å². The lowest BCUT2D eigenvalue weighted by Gasteiger charge is -2.45. The second kappa shape index (κ2) is 7.49. The highest BCUT2D eigenvalue weighted by Gasteiger charge is 2.47. The molecular weight excluding hydrogens is 292 g/mol. The molecular formula is C18H32N2O3. The molecule has 0 aromatic rings. The van der Waals surface area contributed by atoms with E-state index < -0.39 is 0 Å². The number of carbonyl (C=O) groups excluding carboxylic acids is 1. The SMILES string of the molecule is CC(C)N1CCO[C@]2(CCC[C@H]2COCC(=O)N2CCCC2)C1. The van der Waals surface area contributed by atoms with Crippen LogP contribution in [0.4, 0.5) is 0 Å². The van der Waals surface area contributed by atoms with Gasteiger partial charge >= 0.3 is 0 Å². The smallest absolute Gasteiger partial charge is 0.248 e. The number of amides is 1. The van der Waals surface area contributed by atoms with E-state index in [9.17, 15) is 4.79 Å². The van der Waals surface area contributed by atoms with E-state index in [2.05, 4.69) is 18.7 Å². The van der Waals surface area contributed by atoms with Gasteiger partial charge in [0.2, 0.25) is 5.91 Å². The Bertz CT molecular complexity index is 409. The molecule has 1 saturated carbocycles. The van der Waals surface area contributed by atoms with E-state index >= 15 is 0 Å². The summed E-state index contributed by atoms with van der Waals surface area (Å²) in [6.45, 7) is 10.1. The lowest BCUT2D eigenvalue weighted by molar-refractivity contribution is -0.152. The molecule has 3 aliphatic rings. The first-order valence-corrected chi connectivity index (χ1v) is 9.34. The summed E-state index contributed by atoms with van der Waals surface area (Å²) >= 11 is 0. The average Bonchev–Trinajstić information content (AvgIpc) is 3.18. The van der Waals surface area contributed by atoms with Crippen molar-refractivity contribution in [1.29, 1.82) is 0 Å². The Balaban J connectivity index is 1.49. The van der Waals surface area contributed by atoms with Crippen LogP contribution in [0.15, 0.2) is 0 Å². The van der Waals surface area contributed by atoms with Crippen LogP contribution >= 0.6 is 0 Å². The van der Waals surface area contributed by atoms with Crippen LogP contribution in [-0.2, 0) is 14.3 Å². The van der Waals surface area contributed by atoms with E-state index in [-0.39, 0.29) is 18.1 Å². The summed E-state index contributed by atoms with van der Waals surface area (Å²) < 4.78 is 12.1. The van der Waals surface area contributed by atoms with Crippen LogP contribution in [0.5, 0.6) is 0 Å². The van der Waals surface area contributed by atoms with Crippen molar-refractivity contribution in [2.45, 2.75) is 57.6 Å². The highest BCUT2D eigenvalue weighted by molar-refractivity contribution is 5.77. The predicted molar refractivity (Wildman–Crippen MR) is 89.4 cm³/mol. The number of rotatable bonds is 5. The summed E-state index contributed by atoms with van der Waals surface area (Å²) in [5.74, 6) is 0.582. The molecule has 2 saturated heterocycles. The summed E-state index contributed by atoms with van der Waals surface area (Å²) in [6, 6.07) is 0.565. The second-order valence-corrected chi connectivity index (χ2v) is 7.67. The van der Waals surface area contributed by atoms with Crippen LogP contribution in [0.1, 0.15) is 46.0 Å². The van der Waals surface area contributed by atoms with Gasteiger partial charge in [0.1, 0.15) is 6.61 Å². The molecule has 0 bridgehead atoms. The molecule has 0 radical (unpaired) electrons. The molecule has 3 fully saturated rings. The largest absolute Gasteiger partial charge is 0.372 e. The normalized spacial score (nSPS) is 32.3. The monoisotopic (exact) mass is 324 g/mol. The maximum absolute atomic E-state index is 12.1. The van der Waals surface area contributed by atoms with Crippen LogP contribution < -0.4 is 0 Å². The lowest BCUT2D eigenvalue weighted by Crippen LogP contribution is -2.56. The van der Waals surface area contributed by atoms with Crippen LogP contribution in [-0.4, -0.2) is 73.3 Å². The molecule has 2 aliphatic heterocycles. The van der Waals surface area contributed by atoms with Crippen molar-refractivity contribution in [3.63, 3.8) is 0 Å². The molecule has 3 rings (SSSR count). The molecule has 0 unspecified atom stereocenters. The zero-order valence-corrected chi connectivity index (χ0v) is 14.8. The van der Waals surface area contributed by atoms with Crippen molar-refractivity contribution >= 4 is 5.91 Å². The van der Waals surface area contributed by atoms with Gasteiger partial charge < -0.3 is 14.4 Å². The van der Waals surface area contributed by atoms with Crippen LogP contribution in [0, 0.1) is 5.92 Å². The Labute approximate surface area is 140 Å². The van der Waals surface area contributed by atoms with Crippen molar-refractivity contribution in [3.05, 3.63) is 0 Å². The van der Waals surface area contributed by atoms with E-state index in [4.69, 9.17) is 9.47 Å². The molecule has 132 valence electrons. The predicted octanol–water partition coefficient (Wildman–Crippen LogP) is 1.90. The summed E-state index contributed by atoms with van der Waals surface area (Å²) in [7, 11) is 0. The van der Waals surface area contributed by atoms with E-state index in [1.807, 2.05) is 4.90 Å². The van der Waals surface area contributed by atoms with E-state index in [0.29, 0.717) is 18.6 Å². The third-order valence-electron chi connectivity index (χ3n) is 5.87. The number of nitrogens with zero attached hydrogens (tertiary/aromatic N) is 2. The average molecular weight is 324 g/mol. The van der Waals surface area contributed by atoms with Gasteiger partial charge in [-0.05, 0) is 39.5 Å². The van der Waals surface area contributed by atoms with Gasteiger partial charge in [-0.15, -0.1) is 0 Å². The maximum atomic E-state index is 12.1. The Morgan fingerprint density at radius 2 is 2.04 bits per heavy atom. The van der Waals surface area contributed by atoms with Gasteiger partial charge in [-0.25, -0.2) is 0 Å². The minimum atomic E-state index is -0.0424. The molecule has 0 N–H and O–H groups in total. The summed E-state index contributed by atoms with van der Waals surface area (Å²) in [4.78, 5) is 16.5. The third-order valence-corrected chi connectivity index (χ3v) is 5.87. The van der Waals surface area contributed by atoms with Gasteiger partial charge in [0.25, 0.3) is 0 Å². The minimum absolute atomic E-state index is 0.0424. The number of hydrogen-bond acceptors (Lipinski definition) is 4. The Hall–Kier alpha value is -0.650. The molecule has 23 heavy (non-hydrogen) atoms. The number of carbonyl (C=O) groups is 1. The topological polar surface area (TPSA) is 42.0 Å². The fourth-order valence-electron chi connectivity index (χ4n) is 4.37. The van der Waals surface area contributed by atoms with Crippen LogP contribution in [0.3, 0.4) is 0 Å². The summed E-state index contributed by atoms with van der Waals surface area (Å²) in [5.41, 5.74) is -0.0424. The second-order valence-electron chi connectivity index (χ2n) is 7.67. The lowest BCUT2D eigenvalue weighted by atomic mass is 9.89. The molecule has 2 heterocycles. The number of hydrogen-bond donors (Lipinski definition) is 0. The molecule has 5 nitrogen and oxygen atoms in total. The Kier molecular flexibility index (Phi) is 5.60. The molecule has 5 heteroatoms. The van der Waals surface area contributed by atoms with Crippen molar-refractivity contribution in [3.8, 4) is 0 Å². The highest BCUT2D eigenvalue weighted by atomic mass is 16.5. The van der Waals surface area contributed by atoms with Crippen LogP contribution in [0.2, 0.25) is 0 Å². The van der Waals surface area contributed by atoms with Crippen molar-refractivity contribution in [2.75, 3.05) is 46.0 Å². The molecule has 0 aromatic carbocycles. The Morgan fingerprint density at radius 3 is 2.78 bits per heavy atom. The summed E-state index contributed by atoms with van der Waals surface area (Å²) in [6.07, 6.45) is 5.76. The molecule has 2 atom stereocenters. The van der Waals surface area contributed by atoms with Gasteiger partial charge in [-0.1, -0.05) is 6.42 Å². The maximum Gasteiger partial charge on any atom is 0.248 e. The van der Waals surface area contributed by atoms with E-state index in [0.717, 1.165) is 58.5 Å². The minimum Gasteiger partial charge on any atom is -0.372 e. The third kappa shape index (κ3) is 3.89. The highest BCUT2D eigenvalue weighted by Crippen LogP contribution is 2.41. The zero-order chi connectivity index (χ0) is 16.3. The van der Waals surface area contributed by atoms with Gasteiger partial charge in [-0.2, -0.15) is 0 Å². The Morgan fingerprint density at radius 1 is 1.26 bits per heavy atom. The first-order valence-electron chi connectivity index (χ1n) is 9.34. The van der Waals surface area contributed by atoms with Crippen LogP contribution in [0.25, 0.3) is 0 Å². The summed E-state index contributed by atoms with van der Waals surface area (Å²) in [5, 5.41) is 0. The van der Waals surface area contributed by atoms with E-state index in [1.54, 1.807) is 0 Å². The quantitative estimate of drug-likeness (QED) is 0.775. The van der Waals surface area contributed by atoms with E-state index in [1.165, 1.54) is 6.42 Å². The standard InChI is InChI=1S/C18H32N2O3/c1-15(2)20-10-11-23-18(14-20)7-5-6-16(18)12-22-13-17(21)19-8-3-4-9-19/h15-16H,3-14H2,1-2H3/t16-,18+/m0/s1. The van der Waals surface area contributed by atoms with Crippen molar-refractivity contribution in [1.82, 2.24) is 9.80 Å². The number of ether oxygens (including phenoxy) is 2. The first-order chi connectivity index (χ1) is 11.1. The van der Waals surface area contributed by atoms with Gasteiger partial charge in [0, 0.05) is 38.1 Å². The van der Waals surface area contributed by atoms with Crippen molar-refractivity contribution < 1.29 is 14.3 Å². The van der Waals surface area contributed by atoms with Gasteiger partial charge in [0.05, 0.1) is 18.8 Å². The fraction of sp³-hybridized carbons (Fsp3) is 0.944. The zero-order valence-electron chi connectivity index (χ0n) is 14.8.